The smallest absolute Gasteiger partial charge is 0.271 e. The lowest BCUT2D eigenvalue weighted by Crippen LogP contribution is -2.18. The molecule has 0 amide bonds. The number of aliphatic hydroxyl groups excluding tert-OH is 1. The van der Waals surface area contributed by atoms with E-state index >= 15 is 0 Å². The molecule has 7 heteroatoms. The van der Waals surface area contributed by atoms with Gasteiger partial charge < -0.3 is 5.11 Å². The summed E-state index contributed by atoms with van der Waals surface area (Å²) in [6, 6.07) is 4.49. The van der Waals surface area contributed by atoms with Crippen LogP contribution in [-0.2, 0) is 6.54 Å². The standard InChI is InChI=1S/C10H10ClN3O3/c11-4-9(15)6-13-10-3-8(14(16)17)2-1-7(10)5-12-13/h1-3,5,9,15H,4,6H2/t9-/m1/s1. The molecule has 0 unspecified atom stereocenters. The summed E-state index contributed by atoms with van der Waals surface area (Å²) in [5.41, 5.74) is 0.614. The van der Waals surface area contributed by atoms with Crippen LogP contribution in [0.1, 0.15) is 0 Å². The molecule has 2 rings (SSSR count). The molecule has 0 bridgehead atoms. The molecule has 1 heterocycles. The minimum absolute atomic E-state index is 0.000358. The maximum atomic E-state index is 10.7. The van der Waals surface area contributed by atoms with Crippen LogP contribution in [0.3, 0.4) is 0 Å². The summed E-state index contributed by atoms with van der Waals surface area (Å²) in [7, 11) is 0. The van der Waals surface area contributed by atoms with Crippen LogP contribution in [0.2, 0.25) is 0 Å². The molecular weight excluding hydrogens is 246 g/mol. The summed E-state index contributed by atoms with van der Waals surface area (Å²) in [6.45, 7) is 0.216. The molecular formula is C10H10ClN3O3. The molecule has 6 nitrogen and oxygen atoms in total. The SMILES string of the molecule is O=[N+]([O-])c1ccc2cnn(C[C@H](O)CCl)c2c1. The van der Waals surface area contributed by atoms with E-state index in [4.69, 9.17) is 11.6 Å². The number of nitro groups is 1. The quantitative estimate of drug-likeness (QED) is 0.510. The Morgan fingerprint density at radius 1 is 1.59 bits per heavy atom. The van der Waals surface area contributed by atoms with E-state index in [2.05, 4.69) is 5.10 Å². The van der Waals surface area contributed by atoms with Crippen LogP contribution in [0.4, 0.5) is 5.69 Å². The van der Waals surface area contributed by atoms with Gasteiger partial charge in [-0.25, -0.2) is 0 Å². The van der Waals surface area contributed by atoms with Crippen molar-refractivity contribution in [2.24, 2.45) is 0 Å². The number of hydrogen-bond donors (Lipinski definition) is 1. The monoisotopic (exact) mass is 255 g/mol. The van der Waals surface area contributed by atoms with Gasteiger partial charge in [0.2, 0.25) is 0 Å². The Kier molecular flexibility index (Phi) is 3.26. The third-order valence-electron chi connectivity index (χ3n) is 2.40. The second-order valence-electron chi connectivity index (χ2n) is 3.64. The highest BCUT2D eigenvalue weighted by Gasteiger charge is 2.12. The average molecular weight is 256 g/mol. The molecule has 1 N–H and O–H groups in total. The summed E-state index contributed by atoms with van der Waals surface area (Å²) >= 11 is 5.50. The van der Waals surface area contributed by atoms with E-state index in [9.17, 15) is 15.2 Å². The van der Waals surface area contributed by atoms with Crippen molar-refractivity contribution < 1.29 is 10.0 Å². The van der Waals surface area contributed by atoms with Gasteiger partial charge in [0.05, 0.1) is 35.2 Å². The second kappa shape index (κ2) is 4.68. The van der Waals surface area contributed by atoms with Gasteiger partial charge in [0, 0.05) is 17.5 Å². The molecule has 0 fully saturated rings. The van der Waals surface area contributed by atoms with E-state index in [0.717, 1.165) is 5.39 Å². The number of aromatic nitrogens is 2. The predicted octanol–water partition coefficient (Wildman–Crippen LogP) is 1.54. The number of nitrogens with zero attached hydrogens (tertiary/aromatic N) is 3. The topological polar surface area (TPSA) is 81.2 Å². The average Bonchev–Trinajstić information content (AvgIpc) is 2.71. The largest absolute Gasteiger partial charge is 0.390 e. The number of rotatable bonds is 4. The summed E-state index contributed by atoms with van der Waals surface area (Å²) in [4.78, 5) is 10.2. The van der Waals surface area contributed by atoms with Gasteiger partial charge in [-0.15, -0.1) is 11.6 Å². The maximum absolute atomic E-state index is 10.7. The minimum atomic E-state index is -0.723. The highest BCUT2D eigenvalue weighted by atomic mass is 35.5. The van der Waals surface area contributed by atoms with E-state index < -0.39 is 11.0 Å². The molecule has 1 atom stereocenters. The van der Waals surface area contributed by atoms with Crippen LogP contribution in [0, 0.1) is 10.1 Å². The number of benzene rings is 1. The Morgan fingerprint density at radius 3 is 3.00 bits per heavy atom. The first-order chi connectivity index (χ1) is 8.11. The van der Waals surface area contributed by atoms with Crippen molar-refractivity contribution in [2.75, 3.05) is 5.88 Å². The molecule has 0 aliphatic heterocycles. The van der Waals surface area contributed by atoms with E-state index in [-0.39, 0.29) is 18.1 Å². The number of fused-ring (bicyclic) bond motifs is 1. The number of halogens is 1. The number of nitro benzene ring substituents is 1. The lowest BCUT2D eigenvalue weighted by atomic mass is 10.2. The van der Waals surface area contributed by atoms with Crippen LogP contribution in [0.15, 0.2) is 24.4 Å². The Bertz CT molecular complexity index is 555. The van der Waals surface area contributed by atoms with Gasteiger partial charge in [-0.1, -0.05) is 0 Å². The van der Waals surface area contributed by atoms with E-state index in [1.807, 2.05) is 0 Å². The van der Waals surface area contributed by atoms with Crippen molar-refractivity contribution in [2.45, 2.75) is 12.6 Å². The lowest BCUT2D eigenvalue weighted by Gasteiger charge is -2.07. The van der Waals surface area contributed by atoms with Crippen molar-refractivity contribution in [1.29, 1.82) is 0 Å². The fourth-order valence-electron chi connectivity index (χ4n) is 1.57. The fourth-order valence-corrected chi connectivity index (χ4v) is 1.66. The van der Waals surface area contributed by atoms with Gasteiger partial charge in [-0.2, -0.15) is 5.10 Å². The minimum Gasteiger partial charge on any atom is -0.390 e. The van der Waals surface area contributed by atoms with Gasteiger partial charge >= 0.3 is 0 Å². The molecule has 17 heavy (non-hydrogen) atoms. The van der Waals surface area contributed by atoms with E-state index in [1.54, 1.807) is 12.3 Å². The molecule has 2 aromatic rings. The van der Waals surface area contributed by atoms with Crippen molar-refractivity contribution in [1.82, 2.24) is 9.78 Å². The zero-order chi connectivity index (χ0) is 12.4. The molecule has 90 valence electrons. The summed E-state index contributed by atoms with van der Waals surface area (Å²) < 4.78 is 1.51. The van der Waals surface area contributed by atoms with Gasteiger partial charge in [-0.3, -0.25) is 14.8 Å². The molecule has 0 radical (unpaired) electrons. The number of non-ortho nitro benzene ring substituents is 1. The van der Waals surface area contributed by atoms with Crippen molar-refractivity contribution >= 4 is 28.2 Å². The highest BCUT2D eigenvalue weighted by molar-refractivity contribution is 6.18. The van der Waals surface area contributed by atoms with Crippen LogP contribution in [0.5, 0.6) is 0 Å². The molecule has 0 saturated heterocycles. The summed E-state index contributed by atoms with van der Waals surface area (Å²) in [5.74, 6) is 0.0935. The third kappa shape index (κ3) is 2.37. The second-order valence-corrected chi connectivity index (χ2v) is 3.94. The summed E-state index contributed by atoms with van der Waals surface area (Å²) in [6.07, 6.45) is 0.874. The Labute approximate surface area is 102 Å². The van der Waals surface area contributed by atoms with Gasteiger partial charge in [0.15, 0.2) is 0 Å². The van der Waals surface area contributed by atoms with Crippen LogP contribution in [0.25, 0.3) is 10.9 Å². The number of aliphatic hydroxyl groups is 1. The van der Waals surface area contributed by atoms with E-state index in [1.165, 1.54) is 16.8 Å². The first kappa shape index (κ1) is 11.8. The zero-order valence-electron chi connectivity index (χ0n) is 8.78. The molecule has 1 aromatic heterocycles. The Hall–Kier alpha value is -1.66. The first-order valence-electron chi connectivity index (χ1n) is 4.96. The molecule has 0 spiro atoms. The molecule has 0 saturated carbocycles. The van der Waals surface area contributed by atoms with Crippen LogP contribution < -0.4 is 0 Å². The van der Waals surface area contributed by atoms with Crippen molar-refractivity contribution in [3.63, 3.8) is 0 Å². The zero-order valence-corrected chi connectivity index (χ0v) is 9.54. The lowest BCUT2D eigenvalue weighted by molar-refractivity contribution is -0.384. The normalized spacial score (nSPS) is 12.8. The predicted molar refractivity (Wildman–Crippen MR) is 63.1 cm³/mol. The number of alkyl halides is 1. The van der Waals surface area contributed by atoms with Gasteiger partial charge in [0.1, 0.15) is 0 Å². The molecule has 0 aliphatic rings. The highest BCUT2D eigenvalue weighted by Crippen LogP contribution is 2.20. The van der Waals surface area contributed by atoms with E-state index in [0.29, 0.717) is 5.52 Å². The first-order valence-corrected chi connectivity index (χ1v) is 5.49. The van der Waals surface area contributed by atoms with Crippen LogP contribution in [-0.4, -0.2) is 31.8 Å². The third-order valence-corrected chi connectivity index (χ3v) is 2.76. The van der Waals surface area contributed by atoms with Crippen molar-refractivity contribution in [3.8, 4) is 0 Å². The summed E-state index contributed by atoms with van der Waals surface area (Å²) in [5, 5.41) is 25.0. The number of hydrogen-bond acceptors (Lipinski definition) is 4. The Morgan fingerprint density at radius 2 is 2.35 bits per heavy atom. The molecule has 1 aromatic carbocycles. The van der Waals surface area contributed by atoms with Gasteiger partial charge in [-0.05, 0) is 6.07 Å². The fraction of sp³-hybridized carbons (Fsp3) is 0.300. The maximum Gasteiger partial charge on any atom is 0.271 e. The Balaban J connectivity index is 2.43. The van der Waals surface area contributed by atoms with Crippen molar-refractivity contribution in [3.05, 3.63) is 34.5 Å². The van der Waals surface area contributed by atoms with Crippen LogP contribution >= 0.6 is 11.6 Å². The van der Waals surface area contributed by atoms with Gasteiger partial charge in [0.25, 0.3) is 5.69 Å². The molecule has 0 aliphatic carbocycles.